The molecule has 0 fully saturated rings. The van der Waals surface area contributed by atoms with Crippen LogP contribution in [0.5, 0.6) is 0 Å². The molecule has 2 N–H and O–H groups in total. The van der Waals surface area contributed by atoms with E-state index in [1.165, 1.54) is 30.5 Å². The largest absolute Gasteiger partial charge is 0.374 e. The third-order valence-electron chi connectivity index (χ3n) is 3.28. The molecule has 0 radical (unpaired) electrons. The van der Waals surface area contributed by atoms with Gasteiger partial charge in [0.25, 0.3) is 0 Å². The van der Waals surface area contributed by atoms with E-state index in [2.05, 4.69) is 50.1 Å². The van der Waals surface area contributed by atoms with Crippen molar-refractivity contribution in [1.82, 2.24) is 0 Å². The summed E-state index contributed by atoms with van der Waals surface area (Å²) >= 11 is 0. The van der Waals surface area contributed by atoms with Gasteiger partial charge in [-0.15, -0.1) is 0 Å². The Hall–Kier alpha value is -1.02. The molecular formula is C15H26N2. The lowest BCUT2D eigenvalue weighted by atomic mass is 10.0. The number of nitrogens with two attached hydrogens (primary N) is 1. The number of hydrogen-bond acceptors (Lipinski definition) is 2. The lowest BCUT2D eigenvalue weighted by Crippen LogP contribution is -2.22. The van der Waals surface area contributed by atoms with E-state index in [1.807, 2.05) is 0 Å². The van der Waals surface area contributed by atoms with E-state index >= 15 is 0 Å². The summed E-state index contributed by atoms with van der Waals surface area (Å²) in [5.41, 5.74) is 8.72. The third kappa shape index (κ3) is 4.04. The van der Waals surface area contributed by atoms with Crippen molar-refractivity contribution in [3.8, 4) is 0 Å². The highest BCUT2D eigenvalue weighted by molar-refractivity contribution is 5.54. The Labute approximate surface area is 106 Å². The zero-order chi connectivity index (χ0) is 12.7. The molecule has 2 nitrogen and oxygen atoms in total. The van der Waals surface area contributed by atoms with Crippen molar-refractivity contribution in [3.05, 3.63) is 29.8 Å². The van der Waals surface area contributed by atoms with Crippen LogP contribution < -0.4 is 10.6 Å². The molecule has 0 saturated carbocycles. The first-order valence-electron chi connectivity index (χ1n) is 6.76. The topological polar surface area (TPSA) is 29.3 Å². The lowest BCUT2D eigenvalue weighted by Gasteiger charge is -2.24. The fourth-order valence-corrected chi connectivity index (χ4v) is 2.09. The molecular weight excluding hydrogens is 208 g/mol. The van der Waals surface area contributed by atoms with Gasteiger partial charge in [-0.25, -0.2) is 0 Å². The van der Waals surface area contributed by atoms with Crippen LogP contribution in [0.4, 0.5) is 5.69 Å². The number of benzene rings is 1. The van der Waals surface area contributed by atoms with Gasteiger partial charge in [0.1, 0.15) is 0 Å². The van der Waals surface area contributed by atoms with Gasteiger partial charge in [-0.05, 0) is 24.5 Å². The Morgan fingerprint density at radius 1 is 1.18 bits per heavy atom. The Bertz CT molecular complexity index is 322. The molecule has 1 aromatic rings. The molecule has 0 heterocycles. The molecule has 1 rings (SSSR count). The van der Waals surface area contributed by atoms with Crippen molar-refractivity contribution in [2.45, 2.75) is 45.6 Å². The van der Waals surface area contributed by atoms with Crippen molar-refractivity contribution in [2.24, 2.45) is 5.73 Å². The molecule has 0 bridgehead atoms. The monoisotopic (exact) mass is 234 g/mol. The van der Waals surface area contributed by atoms with Gasteiger partial charge in [0.2, 0.25) is 0 Å². The quantitative estimate of drug-likeness (QED) is 0.728. The fraction of sp³-hybridized carbons (Fsp3) is 0.600. The minimum absolute atomic E-state index is 0.153. The number of unbranched alkanes of at least 4 members (excludes halogenated alkanes) is 2. The zero-order valence-corrected chi connectivity index (χ0v) is 11.4. The molecule has 0 aliphatic heterocycles. The van der Waals surface area contributed by atoms with Gasteiger partial charge in [0.05, 0.1) is 0 Å². The first kappa shape index (κ1) is 14.0. The van der Waals surface area contributed by atoms with Crippen molar-refractivity contribution in [2.75, 3.05) is 18.5 Å². The van der Waals surface area contributed by atoms with Gasteiger partial charge >= 0.3 is 0 Å². The van der Waals surface area contributed by atoms with Gasteiger partial charge in [-0.2, -0.15) is 0 Å². The molecule has 1 aromatic carbocycles. The maximum atomic E-state index is 6.16. The van der Waals surface area contributed by atoms with Crippen LogP contribution in [0.2, 0.25) is 0 Å². The van der Waals surface area contributed by atoms with E-state index in [-0.39, 0.29) is 6.04 Å². The molecule has 0 amide bonds. The number of para-hydroxylation sites is 1. The number of rotatable bonds is 7. The summed E-state index contributed by atoms with van der Waals surface area (Å²) in [4.78, 5) is 2.33. The molecule has 17 heavy (non-hydrogen) atoms. The Morgan fingerprint density at radius 2 is 1.88 bits per heavy atom. The van der Waals surface area contributed by atoms with E-state index in [1.54, 1.807) is 0 Å². The van der Waals surface area contributed by atoms with Gasteiger partial charge in [-0.1, -0.05) is 44.9 Å². The van der Waals surface area contributed by atoms with Crippen LogP contribution in [0.1, 0.15) is 51.1 Å². The summed E-state index contributed by atoms with van der Waals surface area (Å²) in [6.45, 7) is 5.49. The molecule has 0 spiro atoms. The van der Waals surface area contributed by atoms with Crippen LogP contribution in [-0.4, -0.2) is 13.6 Å². The Kier molecular flexibility index (Phi) is 6.06. The van der Waals surface area contributed by atoms with Gasteiger partial charge in [0, 0.05) is 25.3 Å². The van der Waals surface area contributed by atoms with Crippen molar-refractivity contribution in [3.63, 3.8) is 0 Å². The maximum Gasteiger partial charge on any atom is 0.0412 e. The first-order chi connectivity index (χ1) is 8.20. The average molecular weight is 234 g/mol. The Balaban J connectivity index is 2.74. The molecule has 2 heteroatoms. The predicted molar refractivity (Wildman–Crippen MR) is 76.5 cm³/mol. The van der Waals surface area contributed by atoms with E-state index < -0.39 is 0 Å². The number of anilines is 1. The highest BCUT2D eigenvalue weighted by Crippen LogP contribution is 2.26. The summed E-state index contributed by atoms with van der Waals surface area (Å²) in [5, 5.41) is 0. The third-order valence-corrected chi connectivity index (χ3v) is 3.28. The highest BCUT2D eigenvalue weighted by atomic mass is 15.1. The fourth-order valence-electron chi connectivity index (χ4n) is 2.09. The van der Waals surface area contributed by atoms with Crippen LogP contribution in [0.15, 0.2) is 24.3 Å². The van der Waals surface area contributed by atoms with E-state index in [0.717, 1.165) is 13.0 Å². The van der Waals surface area contributed by atoms with Crippen LogP contribution in [-0.2, 0) is 0 Å². The molecule has 0 aromatic heterocycles. The summed E-state index contributed by atoms with van der Waals surface area (Å²) in [6, 6.07) is 8.65. The number of nitrogens with zero attached hydrogens (tertiary/aromatic N) is 1. The minimum Gasteiger partial charge on any atom is -0.374 e. The minimum atomic E-state index is 0.153. The smallest absolute Gasteiger partial charge is 0.0412 e. The second-order valence-electron chi connectivity index (χ2n) is 4.70. The van der Waals surface area contributed by atoms with E-state index in [9.17, 15) is 0 Å². The highest BCUT2D eigenvalue weighted by Gasteiger charge is 2.11. The second-order valence-corrected chi connectivity index (χ2v) is 4.70. The SMILES string of the molecule is CCCCCN(C)c1ccccc1[C@@H](N)CC. The first-order valence-corrected chi connectivity index (χ1v) is 6.76. The van der Waals surface area contributed by atoms with Crippen molar-refractivity contribution >= 4 is 5.69 Å². The van der Waals surface area contributed by atoms with Gasteiger partial charge in [-0.3, -0.25) is 0 Å². The van der Waals surface area contributed by atoms with Crippen LogP contribution in [0.3, 0.4) is 0 Å². The molecule has 1 atom stereocenters. The van der Waals surface area contributed by atoms with Gasteiger partial charge < -0.3 is 10.6 Å². The normalized spacial score (nSPS) is 12.5. The summed E-state index contributed by atoms with van der Waals surface area (Å²) in [5.74, 6) is 0. The average Bonchev–Trinajstić information content (AvgIpc) is 2.38. The van der Waals surface area contributed by atoms with Crippen LogP contribution in [0, 0.1) is 0 Å². The standard InChI is InChI=1S/C15H26N2/c1-4-6-9-12-17(3)15-11-8-7-10-13(15)14(16)5-2/h7-8,10-11,14H,4-6,9,12,16H2,1-3H3/t14-/m0/s1. The molecule has 0 aliphatic rings. The summed E-state index contributed by atoms with van der Waals surface area (Å²) in [7, 11) is 2.16. The maximum absolute atomic E-state index is 6.16. The van der Waals surface area contributed by atoms with Crippen LogP contribution in [0.25, 0.3) is 0 Å². The van der Waals surface area contributed by atoms with Gasteiger partial charge in [0.15, 0.2) is 0 Å². The predicted octanol–water partition coefficient (Wildman–Crippen LogP) is 3.72. The molecule has 0 saturated heterocycles. The second kappa shape index (κ2) is 7.33. The molecule has 96 valence electrons. The molecule has 0 unspecified atom stereocenters. The van der Waals surface area contributed by atoms with E-state index in [4.69, 9.17) is 5.73 Å². The zero-order valence-electron chi connectivity index (χ0n) is 11.4. The lowest BCUT2D eigenvalue weighted by molar-refractivity contribution is 0.679. The molecule has 0 aliphatic carbocycles. The van der Waals surface area contributed by atoms with E-state index in [0.29, 0.717) is 0 Å². The van der Waals surface area contributed by atoms with Crippen molar-refractivity contribution in [1.29, 1.82) is 0 Å². The Morgan fingerprint density at radius 3 is 2.53 bits per heavy atom. The number of hydrogen-bond donors (Lipinski definition) is 1. The van der Waals surface area contributed by atoms with Crippen LogP contribution >= 0.6 is 0 Å². The van der Waals surface area contributed by atoms with Crippen molar-refractivity contribution < 1.29 is 0 Å². The summed E-state index contributed by atoms with van der Waals surface area (Å²) in [6.07, 6.45) is 4.80. The summed E-state index contributed by atoms with van der Waals surface area (Å²) < 4.78 is 0.